The van der Waals surface area contributed by atoms with Crippen molar-refractivity contribution in [2.75, 3.05) is 11.3 Å². The number of nitrogens with one attached hydrogen (secondary N) is 1. The Morgan fingerprint density at radius 2 is 2.11 bits per heavy atom. The van der Waals surface area contributed by atoms with Gasteiger partial charge < -0.3 is 9.84 Å². The van der Waals surface area contributed by atoms with E-state index in [4.69, 9.17) is 9.84 Å². The van der Waals surface area contributed by atoms with Crippen LogP contribution < -0.4 is 9.46 Å². The average molecular weight is 281 g/mol. The van der Waals surface area contributed by atoms with Crippen molar-refractivity contribution < 1.29 is 27.0 Å². The molecule has 102 valence electrons. The molecule has 0 bridgehead atoms. The Morgan fingerprint density at radius 3 is 2.61 bits per heavy atom. The first-order valence-electron chi connectivity index (χ1n) is 5.07. The van der Waals surface area contributed by atoms with Gasteiger partial charge in [0.25, 0.3) is 10.0 Å². The lowest BCUT2D eigenvalue weighted by Crippen LogP contribution is -2.20. The van der Waals surface area contributed by atoms with E-state index in [-0.39, 0.29) is 12.3 Å². The van der Waals surface area contributed by atoms with Crippen LogP contribution in [0, 0.1) is 0 Å². The molecular weight excluding hydrogens is 268 g/mol. The molecule has 0 atom stereocenters. The van der Waals surface area contributed by atoms with E-state index in [1.165, 1.54) is 18.2 Å². The summed E-state index contributed by atoms with van der Waals surface area (Å²) in [6.45, 7) is 1.73. The monoisotopic (exact) mass is 281 g/mol. The summed E-state index contributed by atoms with van der Waals surface area (Å²) in [7, 11) is -4.71. The molecule has 0 spiro atoms. The number of rotatable bonds is 6. The summed E-state index contributed by atoms with van der Waals surface area (Å²) in [6.07, 6.45) is 0. The van der Waals surface area contributed by atoms with Crippen LogP contribution >= 0.6 is 0 Å². The molecule has 0 saturated carbocycles. The van der Waals surface area contributed by atoms with Gasteiger partial charge in [-0.25, -0.2) is 8.42 Å². The van der Waals surface area contributed by atoms with Crippen molar-refractivity contribution >= 4 is 15.7 Å². The molecule has 0 aliphatic heterocycles. The summed E-state index contributed by atoms with van der Waals surface area (Å²) >= 11 is 0. The first-order chi connectivity index (χ1) is 8.40. The Balaban J connectivity index is 2.99. The molecule has 5 nitrogen and oxygen atoms in total. The van der Waals surface area contributed by atoms with Gasteiger partial charge in [0.2, 0.25) is 0 Å². The maximum Gasteiger partial charge on any atom is 0.355 e. The molecule has 0 fully saturated rings. The quantitative estimate of drug-likeness (QED) is 0.829. The highest BCUT2D eigenvalue weighted by Crippen LogP contribution is 2.24. The molecule has 0 aliphatic carbocycles. The van der Waals surface area contributed by atoms with E-state index in [1.54, 1.807) is 11.6 Å². The van der Waals surface area contributed by atoms with Gasteiger partial charge in [0.1, 0.15) is 5.75 Å². The van der Waals surface area contributed by atoms with Crippen molar-refractivity contribution in [2.45, 2.75) is 19.3 Å². The molecule has 8 heteroatoms. The third-order valence-electron chi connectivity index (χ3n) is 2.03. The highest BCUT2D eigenvalue weighted by molar-refractivity contribution is 7.93. The van der Waals surface area contributed by atoms with E-state index in [2.05, 4.69) is 0 Å². The molecule has 0 unspecified atom stereocenters. The minimum Gasteiger partial charge on any atom is -0.494 e. The number of benzene rings is 1. The van der Waals surface area contributed by atoms with Crippen molar-refractivity contribution in [1.82, 2.24) is 0 Å². The maximum absolute atomic E-state index is 12.2. The first kappa shape index (κ1) is 14.7. The fourth-order valence-corrected chi connectivity index (χ4v) is 1.82. The normalized spacial score (nSPS) is 11.6. The molecule has 2 N–H and O–H groups in total. The zero-order valence-electron chi connectivity index (χ0n) is 9.56. The SMILES string of the molecule is CCOc1ccc(NS(=O)(=O)C(F)F)cc1CO. The number of alkyl halides is 2. The Hall–Kier alpha value is -1.41. The molecular formula is C10H13F2NO4S. The van der Waals surface area contributed by atoms with Crippen LogP contribution in [0.3, 0.4) is 0 Å². The number of hydrogen-bond donors (Lipinski definition) is 2. The van der Waals surface area contributed by atoms with Gasteiger partial charge in [0.15, 0.2) is 0 Å². The second kappa shape index (κ2) is 5.96. The lowest BCUT2D eigenvalue weighted by molar-refractivity contribution is 0.236. The van der Waals surface area contributed by atoms with Crippen LogP contribution in [-0.2, 0) is 16.6 Å². The summed E-state index contributed by atoms with van der Waals surface area (Å²) in [5.41, 5.74) is 0.258. The minimum absolute atomic E-state index is 0.0530. The van der Waals surface area contributed by atoms with Gasteiger partial charge in [-0.05, 0) is 25.1 Å². The first-order valence-corrected chi connectivity index (χ1v) is 6.61. The van der Waals surface area contributed by atoms with Crippen molar-refractivity contribution in [1.29, 1.82) is 0 Å². The zero-order valence-corrected chi connectivity index (χ0v) is 10.4. The van der Waals surface area contributed by atoms with E-state index < -0.39 is 15.8 Å². The smallest absolute Gasteiger partial charge is 0.355 e. The number of anilines is 1. The van der Waals surface area contributed by atoms with Crippen LogP contribution in [0.1, 0.15) is 12.5 Å². The van der Waals surface area contributed by atoms with Gasteiger partial charge in [0, 0.05) is 11.3 Å². The Morgan fingerprint density at radius 1 is 1.44 bits per heavy atom. The molecule has 1 aromatic carbocycles. The van der Waals surface area contributed by atoms with Crippen LogP contribution in [0.5, 0.6) is 5.75 Å². The van der Waals surface area contributed by atoms with E-state index in [0.29, 0.717) is 17.9 Å². The van der Waals surface area contributed by atoms with Gasteiger partial charge in [-0.1, -0.05) is 0 Å². The maximum atomic E-state index is 12.2. The number of halogens is 2. The summed E-state index contributed by atoms with van der Waals surface area (Å²) < 4.78 is 53.1. The topological polar surface area (TPSA) is 75.6 Å². The second-order valence-corrected chi connectivity index (χ2v) is 4.97. The van der Waals surface area contributed by atoms with Gasteiger partial charge in [-0.3, -0.25) is 4.72 Å². The van der Waals surface area contributed by atoms with E-state index in [1.807, 2.05) is 0 Å². The lowest BCUT2D eigenvalue weighted by Gasteiger charge is -2.11. The van der Waals surface area contributed by atoms with Gasteiger partial charge >= 0.3 is 5.76 Å². The van der Waals surface area contributed by atoms with Crippen LogP contribution in [0.25, 0.3) is 0 Å². The number of hydrogen-bond acceptors (Lipinski definition) is 4. The van der Waals surface area contributed by atoms with Crippen LogP contribution in [0.2, 0.25) is 0 Å². The van der Waals surface area contributed by atoms with Gasteiger partial charge in [-0.15, -0.1) is 0 Å². The summed E-state index contributed by atoms with van der Waals surface area (Å²) in [6, 6.07) is 3.92. The molecule has 1 rings (SSSR count). The largest absolute Gasteiger partial charge is 0.494 e. The molecule has 18 heavy (non-hydrogen) atoms. The molecule has 0 saturated heterocycles. The minimum atomic E-state index is -4.71. The fraction of sp³-hybridized carbons (Fsp3) is 0.400. The van der Waals surface area contributed by atoms with Crippen LogP contribution in [-0.4, -0.2) is 25.9 Å². The molecule has 0 aromatic heterocycles. The number of sulfonamides is 1. The summed E-state index contributed by atoms with van der Waals surface area (Å²) in [4.78, 5) is 0. The lowest BCUT2D eigenvalue weighted by atomic mass is 10.2. The number of ether oxygens (including phenoxy) is 1. The Labute approximate surface area is 103 Å². The van der Waals surface area contributed by atoms with E-state index in [9.17, 15) is 17.2 Å². The number of aliphatic hydroxyl groups is 1. The molecule has 0 amide bonds. The van der Waals surface area contributed by atoms with Crippen molar-refractivity contribution in [2.24, 2.45) is 0 Å². The second-order valence-electron chi connectivity index (χ2n) is 3.32. The molecule has 0 heterocycles. The highest BCUT2D eigenvalue weighted by atomic mass is 32.2. The van der Waals surface area contributed by atoms with Crippen LogP contribution in [0.4, 0.5) is 14.5 Å². The van der Waals surface area contributed by atoms with Crippen LogP contribution in [0.15, 0.2) is 18.2 Å². The predicted molar refractivity (Wildman–Crippen MR) is 62.1 cm³/mol. The molecule has 0 radical (unpaired) electrons. The predicted octanol–water partition coefficient (Wildman–Crippen LogP) is 1.54. The highest BCUT2D eigenvalue weighted by Gasteiger charge is 2.23. The summed E-state index contributed by atoms with van der Waals surface area (Å²) in [5.74, 6) is -3.14. The molecule has 0 aliphatic rings. The Kier molecular flexibility index (Phi) is 4.85. The van der Waals surface area contributed by atoms with Gasteiger partial charge in [0.05, 0.1) is 13.2 Å². The van der Waals surface area contributed by atoms with Crippen molar-refractivity contribution in [3.05, 3.63) is 23.8 Å². The van der Waals surface area contributed by atoms with Crippen molar-refractivity contribution in [3.63, 3.8) is 0 Å². The molecule has 1 aromatic rings. The standard InChI is InChI=1S/C10H13F2NO4S/c1-2-17-9-4-3-8(5-7(9)6-14)13-18(15,16)10(11)12/h3-5,10,13-14H,2,6H2,1H3. The average Bonchev–Trinajstić information content (AvgIpc) is 2.30. The number of aliphatic hydroxyl groups excluding tert-OH is 1. The third-order valence-corrected chi connectivity index (χ3v) is 3.01. The van der Waals surface area contributed by atoms with Crippen molar-refractivity contribution in [3.8, 4) is 5.75 Å². The van der Waals surface area contributed by atoms with Gasteiger partial charge in [-0.2, -0.15) is 8.78 Å². The van der Waals surface area contributed by atoms with E-state index >= 15 is 0 Å². The fourth-order valence-electron chi connectivity index (χ4n) is 1.27. The van der Waals surface area contributed by atoms with E-state index in [0.717, 1.165) is 0 Å². The zero-order chi connectivity index (χ0) is 13.8. The summed E-state index contributed by atoms with van der Waals surface area (Å²) in [5, 5.41) is 9.07. The Bertz CT molecular complexity index is 505. The third kappa shape index (κ3) is 3.54.